The van der Waals surface area contributed by atoms with Gasteiger partial charge in [0.2, 0.25) is 0 Å². The van der Waals surface area contributed by atoms with Crippen LogP contribution in [0.4, 0.5) is 5.69 Å². The van der Waals surface area contributed by atoms with Gasteiger partial charge in [-0.05, 0) is 18.6 Å². The van der Waals surface area contributed by atoms with Gasteiger partial charge in [0.1, 0.15) is 0 Å². The molecule has 0 aliphatic carbocycles. The molecule has 0 radical (unpaired) electrons. The topological polar surface area (TPSA) is 111 Å². The van der Waals surface area contributed by atoms with Crippen molar-refractivity contribution >= 4 is 12.0 Å². The van der Waals surface area contributed by atoms with Gasteiger partial charge in [0.15, 0.2) is 0 Å². The predicted molar refractivity (Wildman–Crippen MR) is 53.6 cm³/mol. The van der Waals surface area contributed by atoms with E-state index in [1.165, 1.54) is 0 Å². The van der Waals surface area contributed by atoms with Crippen LogP contribution in [-0.2, 0) is 0 Å². The minimum Gasteiger partial charge on any atom is -0.399 e. The number of rotatable bonds is 0. The Kier molecular flexibility index (Phi) is 8.23. The van der Waals surface area contributed by atoms with E-state index in [2.05, 4.69) is 5.73 Å². The number of nitrogen functional groups attached to an aromatic ring is 1. The van der Waals surface area contributed by atoms with E-state index in [9.17, 15) is 0 Å². The fourth-order valence-electron chi connectivity index (χ4n) is 0.587. The van der Waals surface area contributed by atoms with Crippen molar-refractivity contribution in [3.63, 3.8) is 0 Å². The largest absolute Gasteiger partial charge is 0.399 e. The van der Waals surface area contributed by atoms with E-state index >= 15 is 0 Å². The van der Waals surface area contributed by atoms with Crippen molar-refractivity contribution in [3.05, 3.63) is 29.8 Å². The average Bonchev–Trinajstić information content (AvgIpc) is 1.97. The molecule has 1 aromatic carbocycles. The molecule has 8 N–H and O–H groups in total. The van der Waals surface area contributed by atoms with E-state index < -0.39 is 0 Å². The van der Waals surface area contributed by atoms with Crippen molar-refractivity contribution in [1.82, 2.24) is 6.15 Å². The Balaban J connectivity index is 0. The van der Waals surface area contributed by atoms with Crippen molar-refractivity contribution in [2.45, 2.75) is 6.92 Å². The number of para-hydroxylation sites is 1. The molecule has 4 nitrogen and oxygen atoms in total. The van der Waals surface area contributed by atoms with Crippen molar-refractivity contribution in [2.75, 3.05) is 5.73 Å². The molecule has 68 valence electrons. The standard InChI is InChI=1S/C7H9N.CH4N2.H3N/c1-6-4-2-3-5-7(6)8;2-1-3;/h2-5H,8H2,1H3;1H,(H3,2,3);1H3. The molecular formula is C8H16N4. The van der Waals surface area contributed by atoms with Crippen LogP contribution in [0.1, 0.15) is 5.56 Å². The van der Waals surface area contributed by atoms with Crippen LogP contribution in [0, 0.1) is 12.3 Å². The summed E-state index contributed by atoms with van der Waals surface area (Å²) >= 11 is 0. The Hall–Kier alpha value is -1.55. The lowest BCUT2D eigenvalue weighted by Crippen LogP contribution is -1.85. The van der Waals surface area contributed by atoms with E-state index in [4.69, 9.17) is 11.1 Å². The monoisotopic (exact) mass is 168 g/mol. The number of benzene rings is 1. The lowest BCUT2D eigenvalue weighted by atomic mass is 10.2. The lowest BCUT2D eigenvalue weighted by Gasteiger charge is -1.93. The van der Waals surface area contributed by atoms with Crippen LogP contribution in [0.15, 0.2) is 24.3 Å². The summed E-state index contributed by atoms with van der Waals surface area (Å²) in [5.41, 5.74) is 11.9. The van der Waals surface area contributed by atoms with E-state index in [-0.39, 0.29) is 6.15 Å². The minimum atomic E-state index is 0. The first-order valence-electron chi connectivity index (χ1n) is 3.24. The highest BCUT2D eigenvalue weighted by Crippen LogP contribution is 2.06. The van der Waals surface area contributed by atoms with Gasteiger partial charge in [-0.3, -0.25) is 5.41 Å². The maximum Gasteiger partial charge on any atom is 0.0765 e. The molecule has 0 amide bonds. The van der Waals surface area contributed by atoms with Gasteiger partial charge in [-0.1, -0.05) is 18.2 Å². The summed E-state index contributed by atoms with van der Waals surface area (Å²) in [4.78, 5) is 0. The number of nitrogens with one attached hydrogen (secondary N) is 1. The van der Waals surface area contributed by atoms with E-state index in [0.717, 1.165) is 17.6 Å². The van der Waals surface area contributed by atoms with Crippen molar-refractivity contribution in [2.24, 2.45) is 5.73 Å². The summed E-state index contributed by atoms with van der Waals surface area (Å²) in [6.45, 7) is 2.00. The van der Waals surface area contributed by atoms with Crippen molar-refractivity contribution in [1.29, 1.82) is 5.41 Å². The molecule has 12 heavy (non-hydrogen) atoms. The molecule has 0 spiro atoms. The second-order valence-corrected chi connectivity index (χ2v) is 2.02. The third-order valence-electron chi connectivity index (χ3n) is 1.19. The molecule has 0 aliphatic heterocycles. The van der Waals surface area contributed by atoms with Gasteiger partial charge >= 0.3 is 0 Å². The maximum absolute atomic E-state index is 5.86. The summed E-state index contributed by atoms with van der Waals surface area (Å²) in [6.07, 6.45) is 0.750. The zero-order valence-corrected chi connectivity index (χ0v) is 7.25. The number of hydrogen-bond donors (Lipinski definition) is 4. The summed E-state index contributed by atoms with van der Waals surface area (Å²) in [7, 11) is 0. The van der Waals surface area contributed by atoms with Gasteiger partial charge in [0.25, 0.3) is 0 Å². The van der Waals surface area contributed by atoms with Gasteiger partial charge in [0, 0.05) is 5.69 Å². The molecule has 4 heteroatoms. The SMILES string of the molecule is Cc1ccccc1N.N.N=CN. The molecule has 0 heterocycles. The Labute approximate surface area is 72.7 Å². The van der Waals surface area contributed by atoms with Gasteiger partial charge in [-0.15, -0.1) is 0 Å². The van der Waals surface area contributed by atoms with Gasteiger partial charge in [-0.2, -0.15) is 0 Å². The quantitative estimate of drug-likeness (QED) is 0.266. The number of hydrogen-bond acceptors (Lipinski definition) is 3. The highest BCUT2D eigenvalue weighted by Gasteiger charge is 1.84. The Morgan fingerprint density at radius 1 is 1.33 bits per heavy atom. The molecule has 0 fully saturated rings. The molecule has 0 aliphatic rings. The summed E-state index contributed by atoms with van der Waals surface area (Å²) in [5.74, 6) is 0. The number of aryl methyl sites for hydroxylation is 1. The van der Waals surface area contributed by atoms with Crippen molar-refractivity contribution in [3.8, 4) is 0 Å². The molecule has 0 saturated carbocycles. The average molecular weight is 168 g/mol. The van der Waals surface area contributed by atoms with Crippen LogP contribution < -0.4 is 17.6 Å². The molecule has 0 saturated heterocycles. The van der Waals surface area contributed by atoms with Crippen LogP contribution in [0.2, 0.25) is 0 Å². The van der Waals surface area contributed by atoms with Gasteiger partial charge in [-0.25, -0.2) is 0 Å². The highest BCUT2D eigenvalue weighted by atomic mass is 14.6. The van der Waals surface area contributed by atoms with Crippen molar-refractivity contribution < 1.29 is 0 Å². The second-order valence-electron chi connectivity index (χ2n) is 2.02. The first-order chi connectivity index (χ1) is 5.22. The third kappa shape index (κ3) is 5.25. The fourth-order valence-corrected chi connectivity index (χ4v) is 0.587. The second kappa shape index (κ2) is 7.56. The Morgan fingerprint density at radius 2 is 1.75 bits per heavy atom. The zero-order chi connectivity index (χ0) is 8.69. The Morgan fingerprint density at radius 3 is 2.00 bits per heavy atom. The Bertz CT molecular complexity index is 201. The van der Waals surface area contributed by atoms with E-state index in [1.807, 2.05) is 31.2 Å². The molecular weight excluding hydrogens is 152 g/mol. The number of nitrogens with two attached hydrogens (primary N) is 2. The van der Waals surface area contributed by atoms with E-state index in [1.54, 1.807) is 0 Å². The molecule has 0 aromatic heterocycles. The van der Waals surface area contributed by atoms with Crippen LogP contribution >= 0.6 is 0 Å². The minimum absolute atomic E-state index is 0. The van der Waals surface area contributed by atoms with Gasteiger partial charge in [0.05, 0.1) is 6.34 Å². The molecule has 1 rings (SSSR count). The van der Waals surface area contributed by atoms with Crippen LogP contribution in [-0.4, -0.2) is 6.34 Å². The molecule has 0 atom stereocenters. The highest BCUT2D eigenvalue weighted by molar-refractivity contribution is 5.46. The normalized spacial score (nSPS) is 7.08. The maximum atomic E-state index is 5.86. The predicted octanol–water partition coefficient (Wildman–Crippen LogP) is 1.29. The van der Waals surface area contributed by atoms with Crippen LogP contribution in [0.25, 0.3) is 0 Å². The first kappa shape index (κ1) is 13.1. The summed E-state index contributed by atoms with van der Waals surface area (Å²) in [5, 5.41) is 5.86. The van der Waals surface area contributed by atoms with Gasteiger partial charge < -0.3 is 17.6 Å². The first-order valence-corrected chi connectivity index (χ1v) is 3.24. The summed E-state index contributed by atoms with van der Waals surface area (Å²) in [6, 6.07) is 7.80. The molecule has 0 bridgehead atoms. The smallest absolute Gasteiger partial charge is 0.0765 e. The lowest BCUT2D eigenvalue weighted by molar-refractivity contribution is 1.47. The third-order valence-corrected chi connectivity index (χ3v) is 1.19. The molecule has 0 unspecified atom stereocenters. The fraction of sp³-hybridized carbons (Fsp3) is 0.125. The number of anilines is 1. The molecule has 1 aromatic rings. The van der Waals surface area contributed by atoms with Crippen LogP contribution in [0.3, 0.4) is 0 Å². The van der Waals surface area contributed by atoms with E-state index in [0.29, 0.717) is 0 Å². The zero-order valence-electron chi connectivity index (χ0n) is 7.25. The van der Waals surface area contributed by atoms with Crippen LogP contribution in [0.5, 0.6) is 0 Å². The summed E-state index contributed by atoms with van der Waals surface area (Å²) < 4.78 is 0.